The maximum atomic E-state index is 5.43. The van der Waals surface area contributed by atoms with Gasteiger partial charge >= 0.3 is 0 Å². The van der Waals surface area contributed by atoms with Crippen LogP contribution in [0.1, 0.15) is 30.7 Å². The van der Waals surface area contributed by atoms with Gasteiger partial charge in [-0.15, -0.1) is 0 Å². The second kappa shape index (κ2) is 5.52. The quantitative estimate of drug-likeness (QED) is 0.660. The molecule has 0 bridgehead atoms. The maximum Gasteiger partial charge on any atom is 0.125 e. The summed E-state index contributed by atoms with van der Waals surface area (Å²) in [7, 11) is 0. The van der Waals surface area contributed by atoms with Crippen LogP contribution in [0.4, 0.5) is 0 Å². The lowest BCUT2D eigenvalue weighted by atomic mass is 9.77. The number of hydrogen-bond acceptors (Lipinski definition) is 2. The van der Waals surface area contributed by atoms with Gasteiger partial charge in [0, 0.05) is 29.1 Å². The van der Waals surface area contributed by atoms with E-state index in [0.717, 1.165) is 6.61 Å². The zero-order valence-electron chi connectivity index (χ0n) is 13.6. The minimum Gasteiger partial charge on any atom is -0.395 e. The van der Waals surface area contributed by atoms with Gasteiger partial charge in [0.1, 0.15) is 6.61 Å². The number of fused-ring (bicyclic) bond motifs is 2. The lowest BCUT2D eigenvalue weighted by Crippen LogP contribution is -2.25. The van der Waals surface area contributed by atoms with Crippen molar-refractivity contribution < 1.29 is 4.84 Å². The van der Waals surface area contributed by atoms with Gasteiger partial charge in [0.2, 0.25) is 0 Å². The summed E-state index contributed by atoms with van der Waals surface area (Å²) in [4.78, 5) is 5.43. The van der Waals surface area contributed by atoms with Gasteiger partial charge in [0.05, 0.1) is 11.2 Å². The number of benzene rings is 2. The highest BCUT2D eigenvalue weighted by molar-refractivity contribution is 5.98. The molecule has 0 N–H and O–H groups in total. The van der Waals surface area contributed by atoms with Crippen molar-refractivity contribution in [1.29, 1.82) is 0 Å². The van der Waals surface area contributed by atoms with E-state index in [2.05, 4.69) is 70.5 Å². The molecule has 0 radical (unpaired) electrons. The zero-order chi connectivity index (χ0) is 15.9. The molecule has 1 fully saturated rings. The van der Waals surface area contributed by atoms with Crippen LogP contribution in [0.25, 0.3) is 16.6 Å². The summed E-state index contributed by atoms with van der Waals surface area (Å²) in [6.45, 7) is 0.767. The van der Waals surface area contributed by atoms with Crippen molar-refractivity contribution in [2.75, 3.05) is 6.61 Å². The molecule has 1 aliphatic carbocycles. The van der Waals surface area contributed by atoms with E-state index in [-0.39, 0.29) is 0 Å². The van der Waals surface area contributed by atoms with E-state index in [1.54, 1.807) is 0 Å². The first kappa shape index (κ1) is 13.8. The number of rotatable bonds is 2. The number of nitrogens with zero attached hydrogens (tertiary/aromatic N) is 2. The Bertz CT molecular complexity index is 910. The molecule has 24 heavy (non-hydrogen) atoms. The third-order valence-corrected chi connectivity index (χ3v) is 5.42. The third-order valence-electron chi connectivity index (χ3n) is 5.42. The van der Waals surface area contributed by atoms with Gasteiger partial charge in [0.15, 0.2) is 0 Å². The van der Waals surface area contributed by atoms with Crippen molar-refractivity contribution in [3.8, 4) is 5.69 Å². The Morgan fingerprint density at radius 2 is 1.79 bits per heavy atom. The summed E-state index contributed by atoms with van der Waals surface area (Å²) in [5.41, 5.74) is 5.12. The Morgan fingerprint density at radius 1 is 0.958 bits per heavy atom. The van der Waals surface area contributed by atoms with Crippen LogP contribution in [-0.4, -0.2) is 16.9 Å². The fourth-order valence-corrected chi connectivity index (χ4v) is 4.26. The zero-order valence-corrected chi connectivity index (χ0v) is 13.6. The van der Waals surface area contributed by atoms with Gasteiger partial charge < -0.3 is 9.40 Å². The summed E-state index contributed by atoms with van der Waals surface area (Å²) < 4.78 is 2.31. The molecular formula is C21H20N2O. The van der Waals surface area contributed by atoms with Crippen molar-refractivity contribution in [3.63, 3.8) is 0 Å². The number of aromatic nitrogens is 1. The molecule has 2 heterocycles. The second-order valence-corrected chi connectivity index (χ2v) is 6.80. The number of para-hydroxylation sites is 2. The average molecular weight is 316 g/mol. The van der Waals surface area contributed by atoms with E-state index in [0.29, 0.717) is 11.8 Å². The molecule has 0 spiro atoms. The Balaban J connectivity index is 1.69. The summed E-state index contributed by atoms with van der Waals surface area (Å²) in [5.74, 6) is 0.906. The minimum atomic E-state index is 0.390. The van der Waals surface area contributed by atoms with Crippen molar-refractivity contribution in [2.24, 2.45) is 11.1 Å². The smallest absolute Gasteiger partial charge is 0.125 e. The van der Waals surface area contributed by atoms with Crippen molar-refractivity contribution >= 4 is 16.6 Å². The van der Waals surface area contributed by atoms with E-state index >= 15 is 0 Å². The summed E-state index contributed by atoms with van der Waals surface area (Å²) in [6.07, 6.45) is 5.95. The van der Waals surface area contributed by atoms with E-state index in [1.807, 2.05) is 0 Å². The first-order chi connectivity index (χ1) is 11.9. The maximum absolute atomic E-state index is 5.43. The van der Waals surface area contributed by atoms with Crippen molar-refractivity contribution in [3.05, 3.63) is 66.4 Å². The van der Waals surface area contributed by atoms with Crippen LogP contribution < -0.4 is 0 Å². The molecule has 0 unspecified atom stereocenters. The monoisotopic (exact) mass is 316 g/mol. The summed E-state index contributed by atoms with van der Waals surface area (Å²) in [6, 6.07) is 19.3. The minimum absolute atomic E-state index is 0.390. The highest BCUT2D eigenvalue weighted by Crippen LogP contribution is 2.40. The van der Waals surface area contributed by atoms with Gasteiger partial charge in [-0.1, -0.05) is 48.0 Å². The van der Waals surface area contributed by atoms with Gasteiger partial charge in [-0.3, -0.25) is 0 Å². The molecule has 0 saturated heterocycles. The Labute approximate surface area is 141 Å². The highest BCUT2D eigenvalue weighted by Gasteiger charge is 2.35. The Morgan fingerprint density at radius 3 is 2.71 bits per heavy atom. The fourth-order valence-electron chi connectivity index (χ4n) is 4.26. The van der Waals surface area contributed by atoms with E-state index in [1.165, 1.54) is 47.1 Å². The SMILES string of the molecule is c1ccc(-n2cc([C@H]3CCC[C@@H]4CON=C43)c3ccccc32)cc1. The van der Waals surface area contributed by atoms with Gasteiger partial charge in [-0.25, -0.2) is 0 Å². The molecule has 3 heteroatoms. The molecule has 2 aliphatic rings. The molecule has 120 valence electrons. The Kier molecular flexibility index (Phi) is 3.18. The normalized spacial score (nSPS) is 22.9. The molecule has 0 amide bonds. The van der Waals surface area contributed by atoms with Crippen LogP contribution in [0.3, 0.4) is 0 Å². The average Bonchev–Trinajstić information content (AvgIpc) is 3.27. The first-order valence-electron chi connectivity index (χ1n) is 8.77. The largest absolute Gasteiger partial charge is 0.395 e. The van der Waals surface area contributed by atoms with Crippen LogP contribution in [0.2, 0.25) is 0 Å². The third kappa shape index (κ3) is 2.08. The van der Waals surface area contributed by atoms with Crippen molar-refractivity contribution in [1.82, 2.24) is 4.57 Å². The van der Waals surface area contributed by atoms with Crippen LogP contribution >= 0.6 is 0 Å². The van der Waals surface area contributed by atoms with Gasteiger partial charge in [-0.2, -0.15) is 0 Å². The lowest BCUT2D eigenvalue weighted by molar-refractivity contribution is 0.152. The molecule has 3 nitrogen and oxygen atoms in total. The molecule has 3 aromatic rings. The molecule has 1 aromatic heterocycles. The van der Waals surface area contributed by atoms with Gasteiger partial charge in [-0.05, 0) is 36.6 Å². The number of oxime groups is 1. The molecule has 5 rings (SSSR count). The lowest BCUT2D eigenvalue weighted by Gasteiger charge is -2.25. The molecule has 2 atom stereocenters. The standard InChI is InChI=1S/C21H20N2O/c1-2-8-16(9-3-1)23-13-19(17-10-4-5-12-20(17)23)18-11-6-7-15-14-24-22-21(15)18/h1-5,8-10,12-13,15,18H,6-7,11,14H2/t15-,18-/m1/s1. The van der Waals surface area contributed by atoms with Gasteiger partial charge in [0.25, 0.3) is 0 Å². The van der Waals surface area contributed by atoms with Crippen LogP contribution in [0, 0.1) is 5.92 Å². The second-order valence-electron chi connectivity index (χ2n) is 6.80. The van der Waals surface area contributed by atoms with E-state index in [9.17, 15) is 0 Å². The van der Waals surface area contributed by atoms with Crippen LogP contribution in [-0.2, 0) is 4.84 Å². The van der Waals surface area contributed by atoms with Crippen LogP contribution in [0.15, 0.2) is 65.9 Å². The van der Waals surface area contributed by atoms with Crippen LogP contribution in [0.5, 0.6) is 0 Å². The topological polar surface area (TPSA) is 26.5 Å². The predicted molar refractivity (Wildman–Crippen MR) is 96.7 cm³/mol. The highest BCUT2D eigenvalue weighted by atomic mass is 16.6. The number of hydrogen-bond donors (Lipinski definition) is 0. The molecule has 1 aliphatic heterocycles. The van der Waals surface area contributed by atoms with E-state index < -0.39 is 0 Å². The summed E-state index contributed by atoms with van der Waals surface area (Å²) >= 11 is 0. The van der Waals surface area contributed by atoms with E-state index in [4.69, 9.17) is 4.84 Å². The van der Waals surface area contributed by atoms with Crippen molar-refractivity contribution in [2.45, 2.75) is 25.2 Å². The summed E-state index contributed by atoms with van der Waals surface area (Å²) in [5, 5.41) is 5.75. The predicted octanol–water partition coefficient (Wildman–Crippen LogP) is 4.90. The Hall–Kier alpha value is -2.55. The fraction of sp³-hybridized carbons (Fsp3) is 0.286. The molecule has 2 aromatic carbocycles. The molecular weight excluding hydrogens is 296 g/mol. The molecule has 1 saturated carbocycles. The first-order valence-corrected chi connectivity index (χ1v) is 8.77.